The predicted octanol–water partition coefficient (Wildman–Crippen LogP) is 0.592. The molecule has 0 aliphatic carbocycles. The van der Waals surface area contributed by atoms with E-state index < -0.39 is 0 Å². The van der Waals surface area contributed by atoms with E-state index in [1.54, 1.807) is 6.92 Å². The van der Waals surface area contributed by atoms with E-state index in [4.69, 9.17) is 0 Å². The molecule has 11 heavy (non-hydrogen) atoms. The molecule has 0 bridgehead atoms. The molecule has 1 aliphatic heterocycles. The van der Waals surface area contributed by atoms with Crippen molar-refractivity contribution in [1.82, 2.24) is 4.90 Å². The highest BCUT2D eigenvalue weighted by atomic mass is 32.2. The molecule has 0 saturated carbocycles. The molecule has 0 spiro atoms. The van der Waals surface area contributed by atoms with E-state index in [0.717, 1.165) is 13.1 Å². The number of Topliss-reactive ketones (excluding diaryl/α,β-unsaturated/α-hetero) is 1. The van der Waals surface area contributed by atoms with Gasteiger partial charge in [-0.3, -0.25) is 9.69 Å². The van der Waals surface area contributed by atoms with E-state index in [0.29, 0.717) is 17.0 Å². The number of carbonyl (C=O) groups excluding carboxylic acids is 1. The summed E-state index contributed by atoms with van der Waals surface area (Å²) in [6, 6.07) is 0. The number of hydrogen-bond donors (Lipinski definition) is 0. The first-order chi connectivity index (χ1) is 5.18. The smallest absolute Gasteiger partial charge is 0.143 e. The number of carbonyl (C=O) groups is 1. The maximum absolute atomic E-state index is 10.7. The van der Waals surface area contributed by atoms with Crippen molar-refractivity contribution < 1.29 is 4.79 Å². The second kappa shape index (κ2) is 4.02. The van der Waals surface area contributed by atoms with E-state index in [1.165, 1.54) is 11.5 Å². The van der Waals surface area contributed by atoms with E-state index >= 15 is 0 Å². The van der Waals surface area contributed by atoms with Crippen molar-refractivity contribution in [3.8, 4) is 0 Å². The number of rotatable bonds is 2. The first-order valence-electron chi connectivity index (χ1n) is 3.87. The summed E-state index contributed by atoms with van der Waals surface area (Å²) in [4.78, 5) is 13.0. The molecule has 0 aromatic carbocycles. The molecule has 0 amide bonds. The van der Waals surface area contributed by atoms with Gasteiger partial charge in [-0.2, -0.15) is 10.5 Å². The second-order valence-corrected chi connectivity index (χ2v) is 5.04. The van der Waals surface area contributed by atoms with Crippen LogP contribution >= 0.6 is 10.5 Å². The average molecular weight is 173 g/mol. The van der Waals surface area contributed by atoms with Crippen LogP contribution in [-0.4, -0.2) is 47.7 Å². The highest BCUT2D eigenvalue weighted by Gasteiger charge is 2.12. The van der Waals surface area contributed by atoms with Crippen LogP contribution in [0.1, 0.15) is 6.92 Å². The lowest BCUT2D eigenvalue weighted by Gasteiger charge is -2.27. The van der Waals surface area contributed by atoms with E-state index in [-0.39, 0.29) is 5.78 Å². The second-order valence-electron chi connectivity index (χ2n) is 3.00. The molecule has 64 valence electrons. The molecule has 0 unspecified atom stereocenters. The first-order valence-corrected chi connectivity index (χ1v) is 5.60. The molecular formula is C8H15NOS. The van der Waals surface area contributed by atoms with E-state index in [9.17, 15) is 4.79 Å². The zero-order valence-corrected chi connectivity index (χ0v) is 7.82. The lowest BCUT2D eigenvalue weighted by molar-refractivity contribution is -0.118. The van der Waals surface area contributed by atoms with Crippen molar-refractivity contribution >= 4 is 22.1 Å². The third-order valence-corrected chi connectivity index (χ3v) is 3.36. The van der Waals surface area contributed by atoms with Crippen molar-refractivity contribution in [2.75, 3.05) is 31.1 Å². The fourth-order valence-corrected chi connectivity index (χ4v) is 2.44. The minimum Gasteiger partial charge on any atom is -0.299 e. The molecule has 0 aromatic heterocycles. The third kappa shape index (κ3) is 3.16. The first kappa shape index (κ1) is 8.94. The van der Waals surface area contributed by atoms with Crippen molar-refractivity contribution in [1.29, 1.82) is 0 Å². The Morgan fingerprint density at radius 3 is 2.55 bits per heavy atom. The molecule has 0 aromatic rings. The normalized spacial score (nSPS) is 21.9. The van der Waals surface area contributed by atoms with Crippen molar-refractivity contribution in [3.63, 3.8) is 0 Å². The van der Waals surface area contributed by atoms with Crippen LogP contribution < -0.4 is 0 Å². The molecule has 1 heterocycles. The molecule has 2 nitrogen and oxygen atoms in total. The molecule has 0 atom stereocenters. The Balaban J connectivity index is 2.28. The minimum absolute atomic E-state index is 0.274. The molecule has 1 aliphatic rings. The average Bonchev–Trinajstić information content (AvgIpc) is 1.93. The highest BCUT2D eigenvalue weighted by molar-refractivity contribution is 8.14. The van der Waals surface area contributed by atoms with Crippen LogP contribution in [0.3, 0.4) is 0 Å². The van der Waals surface area contributed by atoms with Crippen molar-refractivity contribution in [3.05, 3.63) is 0 Å². The molecule has 0 N–H and O–H groups in total. The topological polar surface area (TPSA) is 20.3 Å². The molecule has 1 fully saturated rings. The fourth-order valence-electron chi connectivity index (χ4n) is 1.20. The summed E-state index contributed by atoms with van der Waals surface area (Å²) in [6.07, 6.45) is 0. The Labute approximate surface area is 70.5 Å². The van der Waals surface area contributed by atoms with Gasteiger partial charge in [-0.1, -0.05) is 5.87 Å². The molecule has 3 heteroatoms. The summed E-state index contributed by atoms with van der Waals surface area (Å²) in [7, 11) is 0.371. The van der Waals surface area contributed by atoms with Crippen molar-refractivity contribution in [2.45, 2.75) is 6.92 Å². The maximum Gasteiger partial charge on any atom is 0.143 e. The zero-order chi connectivity index (χ0) is 8.27. The Bertz CT molecular complexity index is 169. The Morgan fingerprint density at radius 2 is 2.09 bits per heavy atom. The van der Waals surface area contributed by atoms with Gasteiger partial charge >= 0.3 is 0 Å². The summed E-state index contributed by atoms with van der Waals surface area (Å²) in [5.41, 5.74) is 0. The highest BCUT2D eigenvalue weighted by Crippen LogP contribution is 2.14. The van der Waals surface area contributed by atoms with Gasteiger partial charge in [0, 0.05) is 24.6 Å². The van der Waals surface area contributed by atoms with E-state index in [1.807, 2.05) is 0 Å². The lowest BCUT2D eigenvalue weighted by atomic mass is 10.4. The molecular weight excluding hydrogens is 158 g/mol. The minimum atomic E-state index is 0.274. The van der Waals surface area contributed by atoms with Gasteiger partial charge in [0.2, 0.25) is 0 Å². The molecule has 0 radical (unpaired) electrons. The largest absolute Gasteiger partial charge is 0.299 e. The van der Waals surface area contributed by atoms with Crippen LogP contribution in [0.2, 0.25) is 0 Å². The van der Waals surface area contributed by atoms with Crippen LogP contribution in [0, 0.1) is 0 Å². The molecule has 1 rings (SSSR count). The summed E-state index contributed by atoms with van der Waals surface area (Å²) < 4.78 is 0. The zero-order valence-electron chi connectivity index (χ0n) is 7.01. The van der Waals surface area contributed by atoms with E-state index in [2.05, 4.69) is 10.8 Å². The van der Waals surface area contributed by atoms with Gasteiger partial charge in [-0.15, -0.1) is 0 Å². The van der Waals surface area contributed by atoms with Gasteiger partial charge < -0.3 is 0 Å². The van der Waals surface area contributed by atoms with Gasteiger partial charge in [-0.25, -0.2) is 0 Å². The number of hydrogen-bond acceptors (Lipinski definition) is 2. The van der Waals surface area contributed by atoms with Crippen molar-refractivity contribution in [2.24, 2.45) is 0 Å². The quantitative estimate of drug-likeness (QED) is 0.570. The predicted molar refractivity (Wildman–Crippen MR) is 51.6 cm³/mol. The maximum atomic E-state index is 10.7. The van der Waals surface area contributed by atoms with Crippen LogP contribution in [0.25, 0.3) is 0 Å². The summed E-state index contributed by atoms with van der Waals surface area (Å²) >= 11 is 0. The van der Waals surface area contributed by atoms with Gasteiger partial charge in [0.25, 0.3) is 0 Å². The van der Waals surface area contributed by atoms with Gasteiger partial charge in [-0.05, 0) is 6.92 Å². The molecule has 1 saturated heterocycles. The fraction of sp³-hybridized carbons (Fsp3) is 0.750. The summed E-state index contributed by atoms with van der Waals surface area (Å²) in [6.45, 7) is 4.41. The monoisotopic (exact) mass is 173 g/mol. The SMILES string of the molecule is C=S1CCN(CC(C)=O)CC1. The van der Waals surface area contributed by atoms with Crippen LogP contribution in [-0.2, 0) is 4.79 Å². The number of nitrogens with zero attached hydrogens (tertiary/aromatic N) is 1. The Hall–Kier alpha value is -0.150. The standard InChI is InChI=1S/C8H15NOS/c1-8(10)7-9-3-5-11(2)6-4-9/h2-7H2,1H3. The number of ketones is 1. The van der Waals surface area contributed by atoms with Crippen LogP contribution in [0.4, 0.5) is 0 Å². The lowest BCUT2D eigenvalue weighted by Crippen LogP contribution is -2.36. The summed E-state index contributed by atoms with van der Waals surface area (Å²) in [5, 5.41) is 0. The van der Waals surface area contributed by atoms with Crippen LogP contribution in [0.5, 0.6) is 0 Å². The third-order valence-electron chi connectivity index (χ3n) is 1.84. The Kier molecular flexibility index (Phi) is 3.27. The van der Waals surface area contributed by atoms with Gasteiger partial charge in [0.05, 0.1) is 6.54 Å². The van der Waals surface area contributed by atoms with Gasteiger partial charge in [0.15, 0.2) is 0 Å². The summed E-state index contributed by atoms with van der Waals surface area (Å²) in [5.74, 6) is 6.65. The van der Waals surface area contributed by atoms with Crippen LogP contribution in [0.15, 0.2) is 0 Å². The van der Waals surface area contributed by atoms with Gasteiger partial charge in [0.1, 0.15) is 5.78 Å². The Morgan fingerprint density at radius 1 is 1.55 bits per heavy atom.